The molecule has 1 fully saturated rings. The topological polar surface area (TPSA) is 65.7 Å². The molecule has 184 valence electrons. The zero-order valence-corrected chi connectivity index (χ0v) is 19.9. The van der Waals surface area contributed by atoms with E-state index in [1.165, 1.54) is 12.1 Å². The van der Waals surface area contributed by atoms with Crippen molar-refractivity contribution in [1.29, 1.82) is 5.26 Å². The average molecular weight is 489 g/mol. The first kappa shape index (κ1) is 23.8. The van der Waals surface area contributed by atoms with Gasteiger partial charge in [0, 0.05) is 36.7 Å². The molecule has 5 rings (SSSR count). The third-order valence-corrected chi connectivity index (χ3v) is 6.79. The molecule has 36 heavy (non-hydrogen) atoms. The number of nitriles is 1. The maximum Gasteiger partial charge on any atom is 0.150 e. The standard InChI is InChI=1S/C29H26F2N2O3/c1-18-25-13-23(34)5-9-27(25)36-29(28(18)21-4-8-26(31)22(12-21)15-32)20-2-6-24(7-3-20)35-11-10-33-16-19(14-30)17-33/h2-9,12-13,19,29,34H,10-11,14,16-17H2,1H3/t29-/m1/s1. The summed E-state index contributed by atoms with van der Waals surface area (Å²) in [5, 5.41) is 19.4. The number of alkyl halides is 1. The second kappa shape index (κ2) is 10.00. The van der Waals surface area contributed by atoms with Crippen LogP contribution in [0, 0.1) is 23.1 Å². The number of fused-ring (bicyclic) bond motifs is 1. The first-order chi connectivity index (χ1) is 17.5. The molecular weight excluding hydrogens is 462 g/mol. The number of hydrogen-bond acceptors (Lipinski definition) is 5. The molecule has 0 unspecified atom stereocenters. The normalized spacial score (nSPS) is 17.7. The number of allylic oxidation sites excluding steroid dienone is 1. The van der Waals surface area contributed by atoms with Crippen molar-refractivity contribution in [1.82, 2.24) is 4.90 Å². The third kappa shape index (κ3) is 4.65. The molecule has 0 radical (unpaired) electrons. The van der Waals surface area contributed by atoms with Gasteiger partial charge in [0.1, 0.15) is 41.8 Å². The molecule has 0 saturated carbocycles. The molecule has 1 atom stereocenters. The Morgan fingerprint density at radius 2 is 1.89 bits per heavy atom. The molecule has 0 aromatic heterocycles. The maximum absolute atomic E-state index is 14.1. The van der Waals surface area contributed by atoms with E-state index in [0.717, 1.165) is 47.7 Å². The SMILES string of the molecule is CC1=C(c2ccc(F)c(C#N)c2)[C@@H](c2ccc(OCCN3CC(CF)C3)cc2)Oc2ccc(O)cc21. The van der Waals surface area contributed by atoms with Crippen molar-refractivity contribution in [2.75, 3.05) is 32.9 Å². The summed E-state index contributed by atoms with van der Waals surface area (Å²) in [4.78, 5) is 2.17. The van der Waals surface area contributed by atoms with Crippen molar-refractivity contribution in [3.8, 4) is 23.3 Å². The fraction of sp³-hybridized carbons (Fsp3) is 0.276. The highest BCUT2D eigenvalue weighted by atomic mass is 19.1. The number of phenols is 1. The molecule has 0 amide bonds. The van der Waals surface area contributed by atoms with E-state index in [-0.39, 0.29) is 23.9 Å². The Kier molecular flexibility index (Phi) is 6.62. The fourth-order valence-electron chi connectivity index (χ4n) is 4.81. The number of ether oxygens (including phenoxy) is 2. The molecule has 0 bridgehead atoms. The monoisotopic (exact) mass is 488 g/mol. The van der Waals surface area contributed by atoms with Crippen LogP contribution in [0.3, 0.4) is 0 Å². The summed E-state index contributed by atoms with van der Waals surface area (Å²) in [7, 11) is 0. The smallest absolute Gasteiger partial charge is 0.150 e. The minimum absolute atomic E-state index is 0.0444. The largest absolute Gasteiger partial charge is 0.508 e. The lowest BCUT2D eigenvalue weighted by Crippen LogP contribution is -2.49. The molecule has 0 spiro atoms. The van der Waals surface area contributed by atoms with Gasteiger partial charge in [-0.25, -0.2) is 4.39 Å². The van der Waals surface area contributed by atoms with E-state index in [0.29, 0.717) is 17.9 Å². The predicted molar refractivity (Wildman–Crippen MR) is 133 cm³/mol. The zero-order valence-electron chi connectivity index (χ0n) is 19.9. The molecule has 2 aliphatic heterocycles. The van der Waals surface area contributed by atoms with Gasteiger partial charge in [-0.15, -0.1) is 0 Å². The summed E-state index contributed by atoms with van der Waals surface area (Å²) in [6, 6.07) is 18.9. The lowest BCUT2D eigenvalue weighted by Gasteiger charge is -2.37. The minimum Gasteiger partial charge on any atom is -0.508 e. The Bertz CT molecular complexity index is 1340. The number of benzene rings is 3. The quantitative estimate of drug-likeness (QED) is 0.459. The first-order valence-corrected chi connectivity index (χ1v) is 11.9. The molecule has 3 aromatic rings. The van der Waals surface area contributed by atoms with Gasteiger partial charge in [-0.3, -0.25) is 9.29 Å². The van der Waals surface area contributed by atoms with E-state index in [2.05, 4.69) is 4.90 Å². The van der Waals surface area contributed by atoms with Gasteiger partial charge in [0.2, 0.25) is 0 Å². The van der Waals surface area contributed by atoms with E-state index in [1.807, 2.05) is 37.3 Å². The van der Waals surface area contributed by atoms with Crippen LogP contribution < -0.4 is 9.47 Å². The van der Waals surface area contributed by atoms with E-state index in [4.69, 9.17) is 9.47 Å². The van der Waals surface area contributed by atoms with E-state index in [9.17, 15) is 19.1 Å². The Morgan fingerprint density at radius 3 is 2.61 bits per heavy atom. The molecule has 3 aromatic carbocycles. The van der Waals surface area contributed by atoms with Crippen molar-refractivity contribution in [2.45, 2.75) is 13.0 Å². The lowest BCUT2D eigenvalue weighted by atomic mass is 9.85. The van der Waals surface area contributed by atoms with Gasteiger partial charge in [0.05, 0.1) is 12.2 Å². The van der Waals surface area contributed by atoms with Crippen LogP contribution in [0.5, 0.6) is 17.2 Å². The Morgan fingerprint density at radius 1 is 1.11 bits per heavy atom. The van der Waals surface area contributed by atoms with Crippen LogP contribution in [0.4, 0.5) is 8.78 Å². The van der Waals surface area contributed by atoms with E-state index in [1.54, 1.807) is 24.3 Å². The maximum atomic E-state index is 14.1. The van der Waals surface area contributed by atoms with Crippen LogP contribution in [-0.4, -0.2) is 42.9 Å². The molecule has 1 N–H and O–H groups in total. The van der Waals surface area contributed by atoms with Crippen molar-refractivity contribution in [3.63, 3.8) is 0 Å². The second-order valence-corrected chi connectivity index (χ2v) is 9.22. The lowest BCUT2D eigenvalue weighted by molar-refractivity contribution is 0.0668. The first-order valence-electron chi connectivity index (χ1n) is 11.9. The number of hydrogen-bond donors (Lipinski definition) is 1. The number of aromatic hydroxyl groups is 1. The molecule has 7 heteroatoms. The number of halogens is 2. The zero-order chi connectivity index (χ0) is 25.2. The van der Waals surface area contributed by atoms with Gasteiger partial charge < -0.3 is 14.6 Å². The van der Waals surface area contributed by atoms with Crippen LogP contribution in [0.25, 0.3) is 11.1 Å². The van der Waals surface area contributed by atoms with Gasteiger partial charge in [0.25, 0.3) is 0 Å². The van der Waals surface area contributed by atoms with Crippen molar-refractivity contribution in [3.05, 3.63) is 88.7 Å². The van der Waals surface area contributed by atoms with Gasteiger partial charge in [-0.1, -0.05) is 18.2 Å². The van der Waals surface area contributed by atoms with Crippen LogP contribution in [-0.2, 0) is 0 Å². The van der Waals surface area contributed by atoms with Crippen LogP contribution in [0.1, 0.15) is 35.3 Å². The summed E-state index contributed by atoms with van der Waals surface area (Å²) < 4.78 is 38.9. The highest BCUT2D eigenvalue weighted by Gasteiger charge is 2.30. The van der Waals surface area contributed by atoms with Crippen molar-refractivity contribution >= 4 is 11.1 Å². The summed E-state index contributed by atoms with van der Waals surface area (Å²) in [5.74, 6) is 1.04. The highest BCUT2D eigenvalue weighted by Crippen LogP contribution is 2.47. The number of phenolic OH excluding ortho intramolecular Hbond substituents is 1. The van der Waals surface area contributed by atoms with E-state index >= 15 is 0 Å². The summed E-state index contributed by atoms with van der Waals surface area (Å²) >= 11 is 0. The molecule has 5 nitrogen and oxygen atoms in total. The van der Waals surface area contributed by atoms with Gasteiger partial charge in [-0.05, 0) is 66.1 Å². The minimum atomic E-state index is -0.578. The van der Waals surface area contributed by atoms with Crippen molar-refractivity contribution in [2.24, 2.45) is 5.92 Å². The average Bonchev–Trinajstić information content (AvgIpc) is 2.86. The third-order valence-electron chi connectivity index (χ3n) is 6.79. The van der Waals surface area contributed by atoms with E-state index < -0.39 is 11.9 Å². The molecule has 0 aliphatic carbocycles. The Balaban J connectivity index is 1.42. The number of likely N-dealkylation sites (tertiary alicyclic amines) is 1. The van der Waals surface area contributed by atoms with Crippen LogP contribution in [0.2, 0.25) is 0 Å². The molecule has 1 saturated heterocycles. The molecular formula is C29H26F2N2O3. The predicted octanol–water partition coefficient (Wildman–Crippen LogP) is 5.75. The van der Waals surface area contributed by atoms with Gasteiger partial charge in [0.15, 0.2) is 0 Å². The van der Waals surface area contributed by atoms with Crippen LogP contribution >= 0.6 is 0 Å². The van der Waals surface area contributed by atoms with Crippen molar-refractivity contribution < 1.29 is 23.4 Å². The van der Waals surface area contributed by atoms with Crippen LogP contribution in [0.15, 0.2) is 60.7 Å². The number of rotatable bonds is 7. The Hall–Kier alpha value is -3.89. The molecule has 2 aliphatic rings. The number of nitrogens with zero attached hydrogens (tertiary/aromatic N) is 2. The Labute approximate surface area is 208 Å². The summed E-state index contributed by atoms with van der Waals surface area (Å²) in [6.07, 6.45) is -0.508. The summed E-state index contributed by atoms with van der Waals surface area (Å²) in [6.45, 7) is 4.50. The second-order valence-electron chi connectivity index (χ2n) is 9.22. The fourth-order valence-corrected chi connectivity index (χ4v) is 4.81. The van der Waals surface area contributed by atoms with Gasteiger partial charge in [-0.2, -0.15) is 5.26 Å². The summed E-state index contributed by atoms with van der Waals surface area (Å²) in [5.41, 5.74) is 3.90. The highest BCUT2D eigenvalue weighted by molar-refractivity contribution is 5.95. The van der Waals surface area contributed by atoms with Gasteiger partial charge >= 0.3 is 0 Å². The molecule has 2 heterocycles.